The number of nitrogens with two attached hydrogens (primary N) is 2. The standard InChI is InChI=1S/C28H24N2O4/c1-17-15-21(13-14-24(17)33-27(29)31)22-16-23(19-9-5-3-6-10-19)26(34-28(30)32)18(2)25(22)20-11-7-4-8-12-20/h3-16H,1-2H3,(H2,29,31)(H2,30,32). The fourth-order valence-electron chi connectivity index (χ4n) is 4.11. The second-order valence-corrected chi connectivity index (χ2v) is 7.86. The third-order valence-electron chi connectivity index (χ3n) is 5.56. The van der Waals surface area contributed by atoms with Gasteiger partial charge in [0.1, 0.15) is 11.5 Å². The molecule has 0 bridgehead atoms. The minimum Gasteiger partial charge on any atom is -0.410 e. The SMILES string of the molecule is Cc1cc(-c2cc(-c3ccccc3)c(OC(N)=O)c(C)c2-c2ccccc2)ccc1OC(N)=O. The van der Waals surface area contributed by atoms with E-state index in [-0.39, 0.29) is 0 Å². The number of hydrogen-bond donors (Lipinski definition) is 2. The first-order chi connectivity index (χ1) is 16.3. The van der Waals surface area contributed by atoms with Gasteiger partial charge in [-0.05, 0) is 65.4 Å². The molecule has 4 rings (SSSR count). The Bertz CT molecular complexity index is 1370. The van der Waals surface area contributed by atoms with Crippen LogP contribution in [-0.2, 0) is 0 Å². The van der Waals surface area contributed by atoms with Crippen LogP contribution in [0.3, 0.4) is 0 Å². The molecule has 0 heterocycles. The van der Waals surface area contributed by atoms with Gasteiger partial charge in [-0.15, -0.1) is 0 Å². The lowest BCUT2D eigenvalue weighted by molar-refractivity contribution is 0.209. The summed E-state index contributed by atoms with van der Waals surface area (Å²) in [7, 11) is 0. The zero-order valence-electron chi connectivity index (χ0n) is 18.9. The van der Waals surface area contributed by atoms with Crippen LogP contribution in [0.5, 0.6) is 11.5 Å². The average Bonchev–Trinajstić information content (AvgIpc) is 2.82. The maximum atomic E-state index is 11.8. The summed E-state index contributed by atoms with van der Waals surface area (Å²) in [5, 5.41) is 0. The number of primary amides is 2. The Morgan fingerprint density at radius 1 is 0.647 bits per heavy atom. The van der Waals surface area contributed by atoms with E-state index < -0.39 is 12.2 Å². The summed E-state index contributed by atoms with van der Waals surface area (Å²) in [5.41, 5.74) is 17.5. The van der Waals surface area contributed by atoms with Gasteiger partial charge in [0.15, 0.2) is 0 Å². The van der Waals surface area contributed by atoms with Crippen LogP contribution >= 0.6 is 0 Å². The van der Waals surface area contributed by atoms with Crippen molar-refractivity contribution in [1.29, 1.82) is 0 Å². The van der Waals surface area contributed by atoms with Crippen LogP contribution in [0.1, 0.15) is 11.1 Å². The van der Waals surface area contributed by atoms with Gasteiger partial charge in [0.2, 0.25) is 0 Å². The molecule has 34 heavy (non-hydrogen) atoms. The van der Waals surface area contributed by atoms with Gasteiger partial charge in [-0.25, -0.2) is 9.59 Å². The Labute approximate surface area is 197 Å². The van der Waals surface area contributed by atoms with Crippen LogP contribution in [0.15, 0.2) is 84.9 Å². The van der Waals surface area contributed by atoms with E-state index in [1.54, 1.807) is 6.07 Å². The molecule has 0 spiro atoms. The molecular weight excluding hydrogens is 428 g/mol. The van der Waals surface area contributed by atoms with Gasteiger partial charge in [-0.2, -0.15) is 0 Å². The largest absolute Gasteiger partial charge is 0.410 e. The van der Waals surface area contributed by atoms with E-state index in [0.717, 1.165) is 44.5 Å². The molecule has 0 saturated carbocycles. The first-order valence-corrected chi connectivity index (χ1v) is 10.7. The monoisotopic (exact) mass is 452 g/mol. The predicted molar refractivity (Wildman–Crippen MR) is 133 cm³/mol. The van der Waals surface area contributed by atoms with Crippen molar-refractivity contribution < 1.29 is 19.1 Å². The lowest BCUT2D eigenvalue weighted by atomic mass is 9.86. The fourth-order valence-corrected chi connectivity index (χ4v) is 4.11. The summed E-state index contributed by atoms with van der Waals surface area (Å²) in [6, 6.07) is 27.0. The van der Waals surface area contributed by atoms with Crippen molar-refractivity contribution in [2.45, 2.75) is 13.8 Å². The van der Waals surface area contributed by atoms with Gasteiger partial charge < -0.3 is 20.9 Å². The summed E-state index contributed by atoms with van der Waals surface area (Å²) in [6.45, 7) is 3.76. The molecule has 0 radical (unpaired) electrons. The summed E-state index contributed by atoms with van der Waals surface area (Å²) in [4.78, 5) is 23.1. The highest BCUT2D eigenvalue weighted by Crippen LogP contribution is 2.45. The maximum absolute atomic E-state index is 11.8. The molecule has 0 atom stereocenters. The molecule has 4 aromatic rings. The molecule has 0 aromatic heterocycles. The van der Waals surface area contributed by atoms with E-state index >= 15 is 0 Å². The van der Waals surface area contributed by atoms with Crippen LogP contribution < -0.4 is 20.9 Å². The Balaban J connectivity index is 2.03. The van der Waals surface area contributed by atoms with Crippen LogP contribution in [0.2, 0.25) is 0 Å². The first kappa shape index (κ1) is 22.6. The zero-order chi connectivity index (χ0) is 24.2. The molecule has 6 heteroatoms. The predicted octanol–water partition coefficient (Wildman–Crippen LogP) is 6.22. The Morgan fingerprint density at radius 2 is 1.24 bits per heavy atom. The minimum atomic E-state index is -0.879. The fraction of sp³-hybridized carbons (Fsp3) is 0.0714. The number of amides is 2. The normalized spacial score (nSPS) is 10.5. The Morgan fingerprint density at radius 3 is 1.79 bits per heavy atom. The molecular formula is C28H24N2O4. The Hall–Kier alpha value is -4.58. The van der Waals surface area contributed by atoms with Gasteiger partial charge in [0.05, 0.1) is 0 Å². The van der Waals surface area contributed by atoms with E-state index in [1.165, 1.54) is 0 Å². The number of aryl methyl sites for hydroxylation is 1. The quantitative estimate of drug-likeness (QED) is 0.375. The molecule has 0 aliphatic carbocycles. The highest BCUT2D eigenvalue weighted by Gasteiger charge is 2.21. The number of hydrogen-bond acceptors (Lipinski definition) is 4. The van der Waals surface area contributed by atoms with Crippen molar-refractivity contribution in [1.82, 2.24) is 0 Å². The van der Waals surface area contributed by atoms with Crippen LogP contribution in [0.25, 0.3) is 33.4 Å². The third-order valence-corrected chi connectivity index (χ3v) is 5.56. The maximum Gasteiger partial charge on any atom is 0.409 e. The third kappa shape index (κ3) is 4.61. The van der Waals surface area contributed by atoms with Crippen molar-refractivity contribution in [2.24, 2.45) is 11.5 Å². The highest BCUT2D eigenvalue weighted by atomic mass is 16.6. The number of carbonyl (C=O) groups is 2. The van der Waals surface area contributed by atoms with E-state index in [1.807, 2.05) is 92.7 Å². The van der Waals surface area contributed by atoms with E-state index in [2.05, 4.69) is 0 Å². The van der Waals surface area contributed by atoms with E-state index in [4.69, 9.17) is 20.9 Å². The van der Waals surface area contributed by atoms with Gasteiger partial charge >= 0.3 is 12.2 Å². The lowest BCUT2D eigenvalue weighted by Crippen LogP contribution is -2.17. The highest BCUT2D eigenvalue weighted by molar-refractivity contribution is 5.94. The van der Waals surface area contributed by atoms with Crippen molar-refractivity contribution in [2.75, 3.05) is 0 Å². The molecule has 6 nitrogen and oxygen atoms in total. The smallest absolute Gasteiger partial charge is 0.409 e. The molecule has 0 aliphatic rings. The van der Waals surface area contributed by atoms with Crippen molar-refractivity contribution >= 4 is 12.2 Å². The first-order valence-electron chi connectivity index (χ1n) is 10.7. The second-order valence-electron chi connectivity index (χ2n) is 7.86. The molecule has 0 saturated heterocycles. The van der Waals surface area contributed by atoms with Crippen molar-refractivity contribution in [3.8, 4) is 44.9 Å². The summed E-state index contributed by atoms with van der Waals surface area (Å²) < 4.78 is 10.6. The van der Waals surface area contributed by atoms with Crippen molar-refractivity contribution in [3.63, 3.8) is 0 Å². The summed E-state index contributed by atoms with van der Waals surface area (Å²) in [6.07, 6.45) is -1.74. The summed E-state index contributed by atoms with van der Waals surface area (Å²) in [5.74, 6) is 0.804. The van der Waals surface area contributed by atoms with Crippen molar-refractivity contribution in [3.05, 3.63) is 96.1 Å². The van der Waals surface area contributed by atoms with E-state index in [0.29, 0.717) is 11.5 Å². The molecule has 4 N–H and O–H groups in total. The van der Waals surface area contributed by atoms with Gasteiger partial charge in [-0.3, -0.25) is 0 Å². The number of benzene rings is 4. The van der Waals surface area contributed by atoms with Gasteiger partial charge in [0, 0.05) is 11.1 Å². The molecule has 0 unspecified atom stereocenters. The minimum absolute atomic E-state index is 0.395. The van der Waals surface area contributed by atoms with Crippen LogP contribution in [0.4, 0.5) is 9.59 Å². The van der Waals surface area contributed by atoms with Crippen LogP contribution in [0, 0.1) is 13.8 Å². The molecule has 2 amide bonds. The molecule has 4 aromatic carbocycles. The Kier molecular flexibility index (Phi) is 6.32. The second kappa shape index (κ2) is 9.50. The number of ether oxygens (including phenoxy) is 2. The number of carbonyl (C=O) groups excluding carboxylic acids is 2. The van der Waals surface area contributed by atoms with E-state index in [9.17, 15) is 9.59 Å². The molecule has 0 aliphatic heterocycles. The molecule has 0 fully saturated rings. The molecule has 170 valence electrons. The van der Waals surface area contributed by atoms with Gasteiger partial charge in [-0.1, -0.05) is 66.7 Å². The summed E-state index contributed by atoms with van der Waals surface area (Å²) >= 11 is 0. The topological polar surface area (TPSA) is 105 Å². The number of rotatable bonds is 5. The van der Waals surface area contributed by atoms with Gasteiger partial charge in [0.25, 0.3) is 0 Å². The van der Waals surface area contributed by atoms with Crippen LogP contribution in [-0.4, -0.2) is 12.2 Å². The average molecular weight is 453 g/mol. The lowest BCUT2D eigenvalue weighted by Gasteiger charge is -2.21. The zero-order valence-corrected chi connectivity index (χ0v) is 18.9.